The molecule has 0 atom stereocenters. The molecule has 0 aliphatic heterocycles. The first-order chi connectivity index (χ1) is 13.1. The summed E-state index contributed by atoms with van der Waals surface area (Å²) >= 11 is 0. The van der Waals surface area contributed by atoms with Crippen LogP contribution in [0.3, 0.4) is 0 Å². The Morgan fingerprint density at radius 3 is 2.11 bits per heavy atom. The van der Waals surface area contributed by atoms with E-state index >= 15 is 0 Å². The molecule has 0 saturated heterocycles. The highest BCUT2D eigenvalue weighted by molar-refractivity contribution is 7.88. The van der Waals surface area contributed by atoms with Crippen molar-refractivity contribution in [2.24, 2.45) is 0 Å². The van der Waals surface area contributed by atoms with Gasteiger partial charge in [-0.3, -0.25) is 4.79 Å². The van der Waals surface area contributed by atoms with Crippen molar-refractivity contribution in [1.29, 1.82) is 0 Å². The molecule has 5 nitrogen and oxygen atoms in total. The number of carbonyl (C=O) groups is 1. The van der Waals surface area contributed by atoms with Gasteiger partial charge in [0.05, 0.1) is 17.7 Å². The summed E-state index contributed by atoms with van der Waals surface area (Å²) in [5, 5.41) is 2.62. The summed E-state index contributed by atoms with van der Waals surface area (Å²) < 4.78 is 63.6. The lowest BCUT2D eigenvalue weighted by atomic mass is 10.1. The number of halogens is 3. The number of hydrogen-bond acceptors (Lipinski definition) is 3. The van der Waals surface area contributed by atoms with Gasteiger partial charge in [0.2, 0.25) is 15.9 Å². The van der Waals surface area contributed by atoms with Crippen LogP contribution < -0.4 is 10.0 Å². The average Bonchev–Trinajstić information content (AvgIpc) is 2.61. The SMILES string of the molecule is C=CCNS(=O)(=O)Cc1ccc(NC(=O)Cc2ccc(C(F)(F)F)cc2)cc1. The highest BCUT2D eigenvalue weighted by Crippen LogP contribution is 2.29. The van der Waals surface area contributed by atoms with Crippen LogP contribution in [0, 0.1) is 0 Å². The van der Waals surface area contributed by atoms with Crippen LogP contribution in [-0.4, -0.2) is 20.9 Å². The van der Waals surface area contributed by atoms with E-state index in [0.717, 1.165) is 12.1 Å². The molecule has 0 bridgehead atoms. The number of alkyl halides is 3. The molecular formula is C19H19F3N2O3S. The number of carbonyl (C=O) groups excluding carboxylic acids is 1. The first kappa shape index (κ1) is 21.6. The predicted molar refractivity (Wildman–Crippen MR) is 101 cm³/mol. The maximum atomic E-state index is 12.5. The van der Waals surface area contributed by atoms with Crippen LogP contribution in [0.1, 0.15) is 16.7 Å². The number of nitrogens with one attached hydrogen (secondary N) is 2. The third-order valence-corrected chi connectivity index (χ3v) is 5.01. The van der Waals surface area contributed by atoms with E-state index in [1.165, 1.54) is 18.2 Å². The highest BCUT2D eigenvalue weighted by Gasteiger charge is 2.29. The van der Waals surface area contributed by atoms with E-state index in [4.69, 9.17) is 0 Å². The minimum atomic E-state index is -4.42. The van der Waals surface area contributed by atoms with Crippen molar-refractivity contribution in [3.8, 4) is 0 Å². The van der Waals surface area contributed by atoms with Crippen LogP contribution in [0.5, 0.6) is 0 Å². The fraction of sp³-hybridized carbons (Fsp3) is 0.211. The Labute approximate surface area is 161 Å². The van der Waals surface area contributed by atoms with Gasteiger partial charge in [0, 0.05) is 12.2 Å². The molecule has 0 saturated carbocycles. The lowest BCUT2D eigenvalue weighted by Gasteiger charge is -2.09. The van der Waals surface area contributed by atoms with Crippen LogP contribution in [0.2, 0.25) is 0 Å². The fourth-order valence-corrected chi connectivity index (χ4v) is 3.45. The third-order valence-electron chi connectivity index (χ3n) is 3.69. The summed E-state index contributed by atoms with van der Waals surface area (Å²) in [5.74, 6) is -0.603. The minimum Gasteiger partial charge on any atom is -0.326 e. The van der Waals surface area contributed by atoms with E-state index in [-0.39, 0.29) is 18.7 Å². The molecule has 0 radical (unpaired) electrons. The number of rotatable bonds is 8. The van der Waals surface area contributed by atoms with Crippen molar-refractivity contribution in [2.45, 2.75) is 18.3 Å². The van der Waals surface area contributed by atoms with Gasteiger partial charge in [-0.15, -0.1) is 6.58 Å². The number of benzene rings is 2. The van der Waals surface area contributed by atoms with Gasteiger partial charge in [-0.25, -0.2) is 13.1 Å². The summed E-state index contributed by atoms with van der Waals surface area (Å²) in [6.45, 7) is 3.58. The van der Waals surface area contributed by atoms with Crippen LogP contribution in [-0.2, 0) is 33.2 Å². The second-order valence-electron chi connectivity index (χ2n) is 6.01. The Hall–Kier alpha value is -2.65. The molecule has 9 heteroatoms. The molecule has 1 amide bonds. The quantitative estimate of drug-likeness (QED) is 0.652. The van der Waals surface area contributed by atoms with E-state index in [9.17, 15) is 26.4 Å². The Morgan fingerprint density at radius 1 is 1.00 bits per heavy atom. The van der Waals surface area contributed by atoms with Gasteiger partial charge >= 0.3 is 6.18 Å². The van der Waals surface area contributed by atoms with Gasteiger partial charge in [-0.1, -0.05) is 30.3 Å². The second-order valence-corrected chi connectivity index (χ2v) is 7.82. The molecule has 0 unspecified atom stereocenters. The van der Waals surface area contributed by atoms with E-state index < -0.39 is 27.7 Å². The molecule has 2 rings (SSSR count). The van der Waals surface area contributed by atoms with Gasteiger partial charge in [0.25, 0.3) is 0 Å². The molecule has 150 valence electrons. The largest absolute Gasteiger partial charge is 0.416 e. The highest BCUT2D eigenvalue weighted by atomic mass is 32.2. The maximum Gasteiger partial charge on any atom is 0.416 e. The van der Waals surface area contributed by atoms with Crippen molar-refractivity contribution in [3.63, 3.8) is 0 Å². The molecule has 0 aliphatic rings. The summed E-state index contributed by atoms with van der Waals surface area (Å²) in [6, 6.07) is 10.6. The molecule has 28 heavy (non-hydrogen) atoms. The van der Waals surface area contributed by atoms with Gasteiger partial charge < -0.3 is 5.32 Å². The normalized spacial score (nSPS) is 11.8. The Bertz CT molecular complexity index is 922. The van der Waals surface area contributed by atoms with E-state index in [1.54, 1.807) is 24.3 Å². The third kappa shape index (κ3) is 6.82. The van der Waals surface area contributed by atoms with Crippen molar-refractivity contribution in [3.05, 3.63) is 77.9 Å². The van der Waals surface area contributed by atoms with Crippen LogP contribution in [0.25, 0.3) is 0 Å². The first-order valence-corrected chi connectivity index (χ1v) is 9.87. The monoisotopic (exact) mass is 412 g/mol. The number of anilines is 1. The van der Waals surface area contributed by atoms with Crippen molar-refractivity contribution >= 4 is 21.6 Å². The van der Waals surface area contributed by atoms with Gasteiger partial charge in [0.1, 0.15) is 0 Å². The smallest absolute Gasteiger partial charge is 0.326 e. The average molecular weight is 412 g/mol. The zero-order valence-electron chi connectivity index (χ0n) is 14.8. The van der Waals surface area contributed by atoms with E-state index in [1.807, 2.05) is 0 Å². The second kappa shape index (κ2) is 9.03. The summed E-state index contributed by atoms with van der Waals surface area (Å²) in [7, 11) is -3.48. The lowest BCUT2D eigenvalue weighted by Crippen LogP contribution is -2.25. The standard InChI is InChI=1S/C19H19F3N2O3S/c1-2-11-23-28(26,27)13-15-5-9-17(10-6-15)24-18(25)12-14-3-7-16(8-4-14)19(20,21)22/h2-10,23H,1,11-13H2,(H,24,25). The summed E-state index contributed by atoms with van der Waals surface area (Å²) in [6.07, 6.45) is -3.07. The molecular weight excluding hydrogens is 393 g/mol. The molecule has 0 aromatic heterocycles. The molecule has 0 heterocycles. The first-order valence-electron chi connectivity index (χ1n) is 8.22. The van der Waals surface area contributed by atoms with E-state index in [2.05, 4.69) is 16.6 Å². The van der Waals surface area contributed by atoms with Crippen molar-refractivity contribution in [1.82, 2.24) is 4.72 Å². The van der Waals surface area contributed by atoms with Crippen LogP contribution in [0.4, 0.5) is 18.9 Å². The summed E-state index contributed by atoms with van der Waals surface area (Å²) in [4.78, 5) is 12.0. The molecule has 0 fully saturated rings. The van der Waals surface area contributed by atoms with Crippen molar-refractivity contribution < 1.29 is 26.4 Å². The van der Waals surface area contributed by atoms with Crippen molar-refractivity contribution in [2.75, 3.05) is 11.9 Å². The lowest BCUT2D eigenvalue weighted by molar-refractivity contribution is -0.137. The minimum absolute atomic E-state index is 0.0836. The molecule has 2 aromatic rings. The topological polar surface area (TPSA) is 75.3 Å². The van der Waals surface area contributed by atoms with Gasteiger partial charge in [-0.2, -0.15) is 13.2 Å². The molecule has 0 aliphatic carbocycles. The van der Waals surface area contributed by atoms with Crippen LogP contribution in [0.15, 0.2) is 61.2 Å². The van der Waals surface area contributed by atoms with Gasteiger partial charge in [0.15, 0.2) is 0 Å². The molecule has 0 spiro atoms. The zero-order valence-corrected chi connectivity index (χ0v) is 15.6. The predicted octanol–water partition coefficient (Wildman–Crippen LogP) is 3.49. The van der Waals surface area contributed by atoms with Crippen LogP contribution >= 0.6 is 0 Å². The Balaban J connectivity index is 1.93. The Morgan fingerprint density at radius 2 is 1.57 bits per heavy atom. The summed E-state index contributed by atoms with van der Waals surface area (Å²) in [5.41, 5.74) is 0.667. The molecule has 2 N–H and O–H groups in total. The van der Waals surface area contributed by atoms with E-state index in [0.29, 0.717) is 16.8 Å². The number of hydrogen-bond donors (Lipinski definition) is 2. The zero-order chi connectivity index (χ0) is 20.8. The Kier molecular flexibility index (Phi) is 6.98. The number of sulfonamides is 1. The maximum absolute atomic E-state index is 12.5. The van der Waals surface area contributed by atoms with Gasteiger partial charge in [-0.05, 0) is 35.4 Å². The number of amides is 1. The molecule has 2 aromatic carbocycles. The fourth-order valence-electron chi connectivity index (χ4n) is 2.34.